The Balaban J connectivity index is 2.31. The second-order valence-electron chi connectivity index (χ2n) is 4.71. The quantitative estimate of drug-likeness (QED) is 0.799. The molecule has 84 valence electrons. The van der Waals surface area contributed by atoms with Crippen molar-refractivity contribution in [3.05, 3.63) is 60.2 Å². The molecule has 1 nitrogen and oxygen atoms in total. The van der Waals surface area contributed by atoms with Gasteiger partial charge in [0.15, 0.2) is 0 Å². The average Bonchev–Trinajstić information content (AvgIpc) is 2.33. The molecule has 0 fully saturated rings. The molecule has 0 aliphatic heterocycles. The lowest BCUT2D eigenvalue weighted by Crippen LogP contribution is -2.30. The largest absolute Gasteiger partial charge is 0.387 e. The van der Waals surface area contributed by atoms with Gasteiger partial charge >= 0.3 is 0 Å². The second-order valence-corrected chi connectivity index (χ2v) is 4.71. The molecular formula is C15H18O. The fraction of sp³-hybridized carbons (Fsp3) is 0.333. The molecule has 0 amide bonds. The smallest absolute Gasteiger partial charge is 0.0883 e. The van der Waals surface area contributed by atoms with Gasteiger partial charge in [0.2, 0.25) is 0 Å². The Morgan fingerprint density at radius 1 is 1.19 bits per heavy atom. The van der Waals surface area contributed by atoms with Gasteiger partial charge in [-0.25, -0.2) is 0 Å². The van der Waals surface area contributed by atoms with Crippen LogP contribution in [0.15, 0.2) is 54.6 Å². The lowest BCUT2D eigenvalue weighted by molar-refractivity contribution is 0.0450. The van der Waals surface area contributed by atoms with Crippen molar-refractivity contribution in [2.24, 2.45) is 11.3 Å². The Morgan fingerprint density at radius 2 is 1.88 bits per heavy atom. The van der Waals surface area contributed by atoms with Crippen molar-refractivity contribution in [1.82, 2.24) is 0 Å². The number of hydrogen-bond donors (Lipinski definition) is 1. The van der Waals surface area contributed by atoms with Crippen LogP contribution < -0.4 is 0 Å². The SMILES string of the molecule is CC1C=CC=CC1(C)C(O)c1ccccc1. The molecule has 1 aromatic carbocycles. The first kappa shape index (κ1) is 11.2. The molecule has 0 spiro atoms. The van der Waals surface area contributed by atoms with Crippen molar-refractivity contribution in [2.75, 3.05) is 0 Å². The van der Waals surface area contributed by atoms with Crippen molar-refractivity contribution in [3.63, 3.8) is 0 Å². The van der Waals surface area contributed by atoms with Gasteiger partial charge in [-0.3, -0.25) is 0 Å². The molecule has 2 rings (SSSR count). The molecule has 3 atom stereocenters. The highest BCUT2D eigenvalue weighted by Gasteiger charge is 2.36. The molecule has 0 radical (unpaired) electrons. The summed E-state index contributed by atoms with van der Waals surface area (Å²) in [6.45, 7) is 4.25. The third-order valence-electron chi connectivity index (χ3n) is 3.65. The van der Waals surface area contributed by atoms with Crippen LogP contribution in [0.1, 0.15) is 25.5 Å². The van der Waals surface area contributed by atoms with Crippen LogP contribution in [-0.2, 0) is 0 Å². The van der Waals surface area contributed by atoms with Crippen LogP contribution in [0.3, 0.4) is 0 Å². The summed E-state index contributed by atoms with van der Waals surface area (Å²) >= 11 is 0. The van der Waals surface area contributed by atoms with Crippen LogP contribution in [0.5, 0.6) is 0 Å². The van der Waals surface area contributed by atoms with Crippen molar-refractivity contribution in [3.8, 4) is 0 Å². The van der Waals surface area contributed by atoms with Crippen LogP contribution in [0.4, 0.5) is 0 Å². The van der Waals surface area contributed by atoms with Gasteiger partial charge in [-0.1, -0.05) is 68.5 Å². The maximum absolute atomic E-state index is 10.5. The molecule has 0 aromatic heterocycles. The van der Waals surface area contributed by atoms with E-state index in [0.717, 1.165) is 5.56 Å². The zero-order valence-electron chi connectivity index (χ0n) is 9.80. The first-order valence-electron chi connectivity index (χ1n) is 5.73. The third-order valence-corrected chi connectivity index (χ3v) is 3.65. The number of benzene rings is 1. The number of aliphatic hydroxyl groups excluding tert-OH is 1. The molecular weight excluding hydrogens is 196 g/mol. The van der Waals surface area contributed by atoms with Gasteiger partial charge in [-0.2, -0.15) is 0 Å². The van der Waals surface area contributed by atoms with E-state index in [1.807, 2.05) is 42.5 Å². The molecule has 0 saturated heterocycles. The molecule has 1 aliphatic carbocycles. The molecule has 1 N–H and O–H groups in total. The lowest BCUT2D eigenvalue weighted by atomic mass is 9.69. The monoisotopic (exact) mass is 214 g/mol. The second kappa shape index (κ2) is 4.26. The summed E-state index contributed by atoms with van der Waals surface area (Å²) in [5.74, 6) is 0.340. The van der Waals surface area contributed by atoms with E-state index in [9.17, 15) is 5.11 Å². The first-order chi connectivity index (χ1) is 7.64. The van der Waals surface area contributed by atoms with Crippen LogP contribution >= 0.6 is 0 Å². The number of rotatable bonds is 2. The van der Waals surface area contributed by atoms with E-state index in [4.69, 9.17) is 0 Å². The Kier molecular flexibility index (Phi) is 2.97. The van der Waals surface area contributed by atoms with Crippen LogP contribution in [-0.4, -0.2) is 5.11 Å². The van der Waals surface area contributed by atoms with Crippen molar-refractivity contribution in [2.45, 2.75) is 20.0 Å². The lowest BCUT2D eigenvalue weighted by Gasteiger charge is -2.37. The molecule has 3 unspecified atom stereocenters. The summed E-state index contributed by atoms with van der Waals surface area (Å²) in [7, 11) is 0. The number of aliphatic hydroxyl groups is 1. The summed E-state index contributed by atoms with van der Waals surface area (Å²) in [5.41, 5.74) is 0.771. The maximum Gasteiger partial charge on any atom is 0.0883 e. The maximum atomic E-state index is 10.5. The molecule has 0 bridgehead atoms. The van der Waals surface area contributed by atoms with Crippen LogP contribution in [0.2, 0.25) is 0 Å². The topological polar surface area (TPSA) is 20.2 Å². The molecule has 0 heterocycles. The van der Waals surface area contributed by atoms with Gasteiger partial charge in [-0.05, 0) is 11.5 Å². The Morgan fingerprint density at radius 3 is 2.50 bits per heavy atom. The predicted octanol–water partition coefficient (Wildman–Crippen LogP) is 3.49. The highest BCUT2D eigenvalue weighted by Crippen LogP contribution is 2.43. The highest BCUT2D eigenvalue weighted by molar-refractivity contribution is 5.27. The van der Waals surface area contributed by atoms with Gasteiger partial charge in [0.25, 0.3) is 0 Å². The van der Waals surface area contributed by atoms with Crippen molar-refractivity contribution >= 4 is 0 Å². The Hall–Kier alpha value is -1.34. The summed E-state index contributed by atoms with van der Waals surface area (Å²) in [4.78, 5) is 0. The van der Waals surface area contributed by atoms with E-state index in [-0.39, 0.29) is 5.41 Å². The fourth-order valence-corrected chi connectivity index (χ4v) is 2.19. The van der Waals surface area contributed by atoms with Gasteiger partial charge in [0.1, 0.15) is 0 Å². The van der Waals surface area contributed by atoms with Gasteiger partial charge in [0, 0.05) is 5.41 Å². The minimum atomic E-state index is -0.454. The minimum Gasteiger partial charge on any atom is -0.387 e. The number of hydrogen-bond acceptors (Lipinski definition) is 1. The number of allylic oxidation sites excluding steroid dienone is 3. The van der Waals surface area contributed by atoms with E-state index < -0.39 is 6.10 Å². The highest BCUT2D eigenvalue weighted by atomic mass is 16.3. The normalized spacial score (nSPS) is 30.3. The molecule has 0 saturated carbocycles. The Labute approximate surface area is 97.1 Å². The fourth-order valence-electron chi connectivity index (χ4n) is 2.19. The molecule has 1 heteroatoms. The van der Waals surface area contributed by atoms with Crippen LogP contribution in [0.25, 0.3) is 0 Å². The summed E-state index contributed by atoms with van der Waals surface area (Å²) in [5, 5.41) is 10.5. The van der Waals surface area contributed by atoms with E-state index in [1.165, 1.54) is 0 Å². The first-order valence-corrected chi connectivity index (χ1v) is 5.73. The zero-order valence-corrected chi connectivity index (χ0v) is 9.80. The van der Waals surface area contributed by atoms with E-state index >= 15 is 0 Å². The third kappa shape index (κ3) is 1.83. The van der Waals surface area contributed by atoms with E-state index in [1.54, 1.807) is 0 Å². The van der Waals surface area contributed by atoms with Crippen molar-refractivity contribution in [1.29, 1.82) is 0 Å². The van der Waals surface area contributed by atoms with Crippen LogP contribution in [0, 0.1) is 11.3 Å². The van der Waals surface area contributed by atoms with Gasteiger partial charge < -0.3 is 5.11 Å². The van der Waals surface area contributed by atoms with Crippen molar-refractivity contribution < 1.29 is 5.11 Å². The minimum absolute atomic E-state index is 0.212. The Bertz CT molecular complexity index is 405. The standard InChI is InChI=1S/C15H18O/c1-12-8-6-7-11-15(12,2)14(16)13-9-4-3-5-10-13/h3-12,14,16H,1-2H3. The average molecular weight is 214 g/mol. The summed E-state index contributed by atoms with van der Waals surface area (Å²) < 4.78 is 0. The van der Waals surface area contributed by atoms with Gasteiger partial charge in [-0.15, -0.1) is 0 Å². The van der Waals surface area contributed by atoms with Gasteiger partial charge in [0.05, 0.1) is 6.10 Å². The van der Waals surface area contributed by atoms with E-state index in [0.29, 0.717) is 5.92 Å². The summed E-state index contributed by atoms with van der Waals surface area (Å²) in [6.07, 6.45) is 7.86. The molecule has 16 heavy (non-hydrogen) atoms. The van der Waals surface area contributed by atoms with E-state index in [2.05, 4.69) is 26.0 Å². The molecule has 1 aliphatic rings. The zero-order chi connectivity index (χ0) is 11.6. The molecule has 1 aromatic rings. The summed E-state index contributed by atoms with van der Waals surface area (Å²) in [6, 6.07) is 9.87. The predicted molar refractivity (Wildman–Crippen MR) is 67.0 cm³/mol.